The summed E-state index contributed by atoms with van der Waals surface area (Å²) in [7, 11) is 3.66. The summed E-state index contributed by atoms with van der Waals surface area (Å²) in [5.41, 5.74) is 4.15. The van der Waals surface area contributed by atoms with Gasteiger partial charge < -0.3 is 19.8 Å². The molecule has 5 nitrogen and oxygen atoms in total. The number of aromatic nitrogens is 1. The maximum Gasteiger partial charge on any atom is 0.166 e. The molecule has 0 aliphatic carbocycles. The summed E-state index contributed by atoms with van der Waals surface area (Å²) in [4.78, 5) is 13.4. The number of aryl methyl sites for hydroxylation is 1. The minimum atomic E-state index is 0.424. The van der Waals surface area contributed by atoms with Crippen LogP contribution in [0.1, 0.15) is 41.0 Å². The fourth-order valence-electron chi connectivity index (χ4n) is 2.98. The molecule has 3 rings (SSSR count). The predicted molar refractivity (Wildman–Crippen MR) is 114 cm³/mol. The number of nitrogens with one attached hydrogen (secondary N) is 2. The zero-order chi connectivity index (χ0) is 20.4. The molecule has 150 valence electrons. The van der Waals surface area contributed by atoms with Crippen molar-refractivity contribution in [3.05, 3.63) is 65.4 Å². The van der Waals surface area contributed by atoms with Gasteiger partial charge in [0.15, 0.2) is 6.29 Å². The highest BCUT2D eigenvalue weighted by Crippen LogP contribution is 2.19. The van der Waals surface area contributed by atoms with Gasteiger partial charge in [0.05, 0.1) is 12.3 Å². The monoisotopic (exact) mass is 382 g/mol. The number of H-pyrrole nitrogens is 1. The Labute approximate surface area is 167 Å². The molecule has 0 aliphatic heterocycles. The van der Waals surface area contributed by atoms with E-state index >= 15 is 0 Å². The van der Waals surface area contributed by atoms with Crippen molar-refractivity contribution < 1.29 is 14.3 Å². The maximum atomic E-state index is 10.4. The van der Waals surface area contributed by atoms with Crippen LogP contribution in [0.2, 0.25) is 0 Å². The molecule has 0 saturated heterocycles. The van der Waals surface area contributed by atoms with Crippen molar-refractivity contribution in [2.75, 3.05) is 27.4 Å². The van der Waals surface area contributed by atoms with E-state index in [1.807, 2.05) is 44.3 Å². The van der Waals surface area contributed by atoms with Crippen LogP contribution in [0, 0.1) is 6.92 Å². The maximum absolute atomic E-state index is 10.4. The molecule has 0 aliphatic rings. The number of hydrogen-bond donors (Lipinski definition) is 2. The standard InChI is InChI=1S/C13H21NO2.C10H9NO/c1-4-13(14-2)11-5-7-12(8-6-11)16-10-9-15-3;1-7-2-3-10-8(4-7)5-9(6-12)11-10/h5-8,13-14H,4,9-10H2,1-3H3;2-6,11H,1H3. The largest absolute Gasteiger partial charge is 0.491 e. The van der Waals surface area contributed by atoms with E-state index in [0.29, 0.717) is 24.9 Å². The van der Waals surface area contributed by atoms with E-state index in [9.17, 15) is 4.79 Å². The average molecular weight is 383 g/mol. The van der Waals surface area contributed by atoms with Crippen LogP contribution in [0.15, 0.2) is 48.5 Å². The second kappa shape index (κ2) is 11.3. The highest BCUT2D eigenvalue weighted by Gasteiger charge is 2.05. The van der Waals surface area contributed by atoms with Gasteiger partial charge in [0.2, 0.25) is 0 Å². The lowest BCUT2D eigenvalue weighted by molar-refractivity contribution is 0.112. The summed E-state index contributed by atoms with van der Waals surface area (Å²) >= 11 is 0. The molecule has 0 radical (unpaired) electrons. The molecule has 0 fully saturated rings. The van der Waals surface area contributed by atoms with Crippen LogP contribution in [0.3, 0.4) is 0 Å². The topological polar surface area (TPSA) is 63.4 Å². The first-order valence-electron chi connectivity index (χ1n) is 9.54. The van der Waals surface area contributed by atoms with Gasteiger partial charge in [-0.1, -0.05) is 30.7 Å². The van der Waals surface area contributed by atoms with E-state index in [1.165, 1.54) is 11.1 Å². The van der Waals surface area contributed by atoms with Crippen LogP contribution in [0.4, 0.5) is 0 Å². The molecule has 28 heavy (non-hydrogen) atoms. The third-order valence-corrected chi connectivity index (χ3v) is 4.52. The highest BCUT2D eigenvalue weighted by atomic mass is 16.5. The number of carbonyl (C=O) groups excluding carboxylic acids is 1. The summed E-state index contributed by atoms with van der Waals surface area (Å²) < 4.78 is 10.4. The molecule has 2 aromatic carbocycles. The Kier molecular flexibility index (Phi) is 8.72. The van der Waals surface area contributed by atoms with Gasteiger partial charge in [-0.15, -0.1) is 0 Å². The molecule has 0 spiro atoms. The molecular weight excluding hydrogens is 352 g/mol. The zero-order valence-electron chi connectivity index (χ0n) is 17.1. The summed E-state index contributed by atoms with van der Waals surface area (Å²) in [5, 5.41) is 4.37. The first kappa shape index (κ1) is 21.7. The van der Waals surface area contributed by atoms with Gasteiger partial charge >= 0.3 is 0 Å². The van der Waals surface area contributed by atoms with E-state index in [4.69, 9.17) is 9.47 Å². The Balaban J connectivity index is 0.000000207. The van der Waals surface area contributed by atoms with Crippen molar-refractivity contribution >= 4 is 17.2 Å². The number of benzene rings is 2. The number of ether oxygens (including phenoxy) is 2. The average Bonchev–Trinajstić information content (AvgIpc) is 3.13. The second-order valence-corrected chi connectivity index (χ2v) is 6.59. The third kappa shape index (κ3) is 6.22. The van der Waals surface area contributed by atoms with Crippen LogP contribution < -0.4 is 10.1 Å². The molecule has 0 saturated carbocycles. The number of aldehydes is 1. The van der Waals surface area contributed by atoms with Crippen molar-refractivity contribution in [2.45, 2.75) is 26.3 Å². The lowest BCUT2D eigenvalue weighted by Crippen LogP contribution is -2.15. The van der Waals surface area contributed by atoms with E-state index in [-0.39, 0.29) is 0 Å². The summed E-state index contributed by atoms with van der Waals surface area (Å²) in [6.45, 7) is 5.42. The van der Waals surface area contributed by atoms with Crippen molar-refractivity contribution in [1.29, 1.82) is 0 Å². The molecular formula is C23H30N2O3. The van der Waals surface area contributed by atoms with Gasteiger partial charge in [-0.05, 0) is 56.3 Å². The highest BCUT2D eigenvalue weighted by molar-refractivity contribution is 5.88. The normalized spacial score (nSPS) is 11.6. The fourth-order valence-corrected chi connectivity index (χ4v) is 2.98. The van der Waals surface area contributed by atoms with E-state index in [0.717, 1.165) is 29.4 Å². The lowest BCUT2D eigenvalue weighted by atomic mass is 10.1. The number of fused-ring (bicyclic) bond motifs is 1. The quantitative estimate of drug-likeness (QED) is 0.439. The second-order valence-electron chi connectivity index (χ2n) is 6.59. The zero-order valence-corrected chi connectivity index (χ0v) is 17.1. The summed E-state index contributed by atoms with van der Waals surface area (Å²) in [6.07, 6.45) is 1.91. The summed E-state index contributed by atoms with van der Waals surface area (Å²) in [5.74, 6) is 0.895. The molecule has 0 bridgehead atoms. The molecule has 1 atom stereocenters. The number of rotatable bonds is 8. The number of hydrogen-bond acceptors (Lipinski definition) is 4. The Morgan fingerprint density at radius 1 is 1.11 bits per heavy atom. The molecule has 2 N–H and O–H groups in total. The molecule has 1 heterocycles. The first-order chi connectivity index (χ1) is 13.6. The number of carbonyl (C=O) groups is 1. The van der Waals surface area contributed by atoms with Gasteiger partial charge in [-0.25, -0.2) is 0 Å². The fraction of sp³-hybridized carbons (Fsp3) is 0.348. The van der Waals surface area contributed by atoms with Crippen molar-refractivity contribution in [2.24, 2.45) is 0 Å². The van der Waals surface area contributed by atoms with Crippen molar-refractivity contribution in [3.8, 4) is 5.75 Å². The van der Waals surface area contributed by atoms with Gasteiger partial charge in [0.1, 0.15) is 12.4 Å². The van der Waals surface area contributed by atoms with E-state index in [1.54, 1.807) is 7.11 Å². The number of aromatic amines is 1. The molecule has 3 aromatic rings. The van der Waals surface area contributed by atoms with Gasteiger partial charge in [0, 0.05) is 24.1 Å². The van der Waals surface area contributed by atoms with Gasteiger partial charge in [-0.3, -0.25) is 4.79 Å². The van der Waals surface area contributed by atoms with E-state index in [2.05, 4.69) is 35.4 Å². The molecule has 1 unspecified atom stereocenters. The van der Waals surface area contributed by atoms with Crippen LogP contribution >= 0.6 is 0 Å². The van der Waals surface area contributed by atoms with Crippen molar-refractivity contribution in [1.82, 2.24) is 10.3 Å². The Morgan fingerprint density at radius 2 is 1.86 bits per heavy atom. The third-order valence-electron chi connectivity index (χ3n) is 4.52. The summed E-state index contributed by atoms with van der Waals surface area (Å²) in [6, 6.07) is 16.6. The minimum Gasteiger partial charge on any atom is -0.491 e. The smallest absolute Gasteiger partial charge is 0.166 e. The Morgan fingerprint density at radius 3 is 2.46 bits per heavy atom. The Hall–Kier alpha value is -2.63. The SMILES string of the molecule is CCC(NC)c1ccc(OCCOC)cc1.Cc1ccc2[nH]c(C=O)cc2c1. The molecule has 5 heteroatoms. The van der Waals surface area contributed by atoms with Gasteiger partial charge in [0.25, 0.3) is 0 Å². The minimum absolute atomic E-state index is 0.424. The first-order valence-corrected chi connectivity index (χ1v) is 9.54. The van der Waals surface area contributed by atoms with Gasteiger partial charge in [-0.2, -0.15) is 0 Å². The van der Waals surface area contributed by atoms with Crippen LogP contribution in [0.25, 0.3) is 10.9 Å². The van der Waals surface area contributed by atoms with Crippen LogP contribution in [-0.2, 0) is 4.74 Å². The Bertz CT molecular complexity index is 852. The van der Waals surface area contributed by atoms with Crippen LogP contribution in [0.5, 0.6) is 5.75 Å². The predicted octanol–water partition coefficient (Wildman–Crippen LogP) is 4.67. The molecule has 1 aromatic heterocycles. The molecule has 0 amide bonds. The van der Waals surface area contributed by atoms with Crippen molar-refractivity contribution in [3.63, 3.8) is 0 Å². The number of methoxy groups -OCH3 is 1. The van der Waals surface area contributed by atoms with E-state index < -0.39 is 0 Å². The lowest BCUT2D eigenvalue weighted by Gasteiger charge is -2.14. The van der Waals surface area contributed by atoms with Crippen LogP contribution in [-0.4, -0.2) is 38.6 Å².